The molecule has 1 N–H and O–H groups in total. The molecule has 1 saturated heterocycles. The highest BCUT2D eigenvalue weighted by atomic mass is 16.5. The van der Waals surface area contributed by atoms with E-state index in [1.165, 1.54) is 0 Å². The molecule has 0 spiro atoms. The molecule has 1 aromatic rings. The molecule has 1 heterocycles. The fraction of sp³-hybridized carbons (Fsp3) is 0.632. The molecule has 5 nitrogen and oxygen atoms in total. The summed E-state index contributed by atoms with van der Waals surface area (Å²) in [5.74, 6) is 0.141. The maximum atomic E-state index is 12.9. The molecule has 3 rings (SSSR count). The van der Waals surface area contributed by atoms with Crippen LogP contribution in [0.2, 0.25) is 0 Å². The molecule has 1 aliphatic carbocycles. The Kier molecular flexibility index (Phi) is 5.54. The van der Waals surface area contributed by atoms with Gasteiger partial charge in [0.2, 0.25) is 5.91 Å². The fourth-order valence-electron chi connectivity index (χ4n) is 3.26. The number of nitrogens with one attached hydrogen (secondary N) is 1. The van der Waals surface area contributed by atoms with Crippen LogP contribution in [0, 0.1) is 0 Å². The van der Waals surface area contributed by atoms with Crippen molar-refractivity contribution in [2.45, 2.75) is 36.8 Å². The van der Waals surface area contributed by atoms with E-state index in [0.29, 0.717) is 19.8 Å². The lowest BCUT2D eigenvalue weighted by atomic mass is 9.94. The Bertz CT molecular complexity index is 543. The molecule has 0 aromatic heterocycles. The molecule has 5 heteroatoms. The minimum Gasteiger partial charge on any atom is -0.379 e. The monoisotopic (exact) mass is 332 g/mol. The molecule has 24 heavy (non-hydrogen) atoms. The second kappa shape index (κ2) is 7.64. The van der Waals surface area contributed by atoms with E-state index >= 15 is 0 Å². The maximum absolute atomic E-state index is 12.9. The van der Waals surface area contributed by atoms with Gasteiger partial charge in [0.25, 0.3) is 0 Å². The molecule has 1 saturated carbocycles. The first-order chi connectivity index (χ1) is 11.6. The van der Waals surface area contributed by atoms with Crippen molar-refractivity contribution in [1.82, 2.24) is 10.2 Å². The van der Waals surface area contributed by atoms with Crippen LogP contribution in [0.15, 0.2) is 30.3 Å². The van der Waals surface area contributed by atoms with Crippen LogP contribution in [0.1, 0.15) is 24.8 Å². The van der Waals surface area contributed by atoms with Crippen molar-refractivity contribution in [3.05, 3.63) is 35.9 Å². The fourth-order valence-corrected chi connectivity index (χ4v) is 3.26. The Hall–Kier alpha value is -1.43. The summed E-state index contributed by atoms with van der Waals surface area (Å²) >= 11 is 0. The van der Waals surface area contributed by atoms with Crippen LogP contribution in [-0.4, -0.2) is 63.4 Å². The SMILES string of the molecule is CN(C)CCOC1COCCC1NC(=O)C1(c2ccccc2)CC1. The molecule has 2 unspecified atom stereocenters. The molecule has 2 atom stereocenters. The van der Waals surface area contributed by atoms with Gasteiger partial charge in [-0.15, -0.1) is 0 Å². The van der Waals surface area contributed by atoms with Crippen molar-refractivity contribution in [2.75, 3.05) is 40.5 Å². The number of carbonyl (C=O) groups is 1. The van der Waals surface area contributed by atoms with Gasteiger partial charge in [-0.25, -0.2) is 0 Å². The summed E-state index contributed by atoms with van der Waals surface area (Å²) in [6.07, 6.45) is 2.61. The van der Waals surface area contributed by atoms with Gasteiger partial charge < -0.3 is 19.7 Å². The minimum absolute atomic E-state index is 0.0367. The van der Waals surface area contributed by atoms with E-state index < -0.39 is 0 Å². The number of hydrogen-bond donors (Lipinski definition) is 1. The Balaban J connectivity index is 1.60. The van der Waals surface area contributed by atoms with Gasteiger partial charge in [-0.2, -0.15) is 0 Å². The smallest absolute Gasteiger partial charge is 0.230 e. The normalized spacial score (nSPS) is 25.5. The third kappa shape index (κ3) is 3.97. The van der Waals surface area contributed by atoms with Gasteiger partial charge >= 0.3 is 0 Å². The topological polar surface area (TPSA) is 50.8 Å². The van der Waals surface area contributed by atoms with E-state index in [0.717, 1.165) is 31.4 Å². The van der Waals surface area contributed by atoms with E-state index in [2.05, 4.69) is 22.3 Å². The Labute approximate surface area is 144 Å². The highest BCUT2D eigenvalue weighted by Gasteiger charge is 2.51. The first kappa shape index (κ1) is 17.4. The summed E-state index contributed by atoms with van der Waals surface area (Å²) in [4.78, 5) is 15.0. The van der Waals surface area contributed by atoms with E-state index in [1.54, 1.807) is 0 Å². The van der Waals surface area contributed by atoms with Crippen LogP contribution >= 0.6 is 0 Å². The van der Waals surface area contributed by atoms with Crippen molar-refractivity contribution >= 4 is 5.91 Å². The molecular formula is C19H28N2O3. The molecule has 0 radical (unpaired) electrons. The van der Waals surface area contributed by atoms with E-state index in [-0.39, 0.29) is 23.5 Å². The third-order valence-corrected chi connectivity index (χ3v) is 5.00. The summed E-state index contributed by atoms with van der Waals surface area (Å²) in [5, 5.41) is 3.25. The van der Waals surface area contributed by atoms with Gasteiger partial charge in [0.05, 0.1) is 24.7 Å². The lowest BCUT2D eigenvalue weighted by Crippen LogP contribution is -2.52. The van der Waals surface area contributed by atoms with Gasteiger partial charge in [-0.1, -0.05) is 30.3 Å². The minimum atomic E-state index is -0.326. The van der Waals surface area contributed by atoms with Crippen molar-refractivity contribution in [1.29, 1.82) is 0 Å². The van der Waals surface area contributed by atoms with Crippen molar-refractivity contribution < 1.29 is 14.3 Å². The average molecular weight is 332 g/mol. The number of carbonyl (C=O) groups excluding carboxylic acids is 1. The van der Waals surface area contributed by atoms with Crippen LogP contribution in [0.4, 0.5) is 0 Å². The third-order valence-electron chi connectivity index (χ3n) is 5.00. The van der Waals surface area contributed by atoms with Gasteiger partial charge in [-0.3, -0.25) is 4.79 Å². The number of likely N-dealkylation sites (N-methyl/N-ethyl adjacent to an activating group) is 1. The standard InChI is InChI=1S/C19H28N2O3/c1-21(2)11-13-24-17-14-23-12-8-16(17)20-18(22)19(9-10-19)15-6-4-3-5-7-15/h3-7,16-17H,8-14H2,1-2H3,(H,20,22). The van der Waals surface area contributed by atoms with E-state index in [9.17, 15) is 4.79 Å². The molecule has 132 valence electrons. The van der Waals surface area contributed by atoms with E-state index in [4.69, 9.17) is 9.47 Å². The lowest BCUT2D eigenvalue weighted by Gasteiger charge is -2.33. The van der Waals surface area contributed by atoms with Crippen LogP contribution in [-0.2, 0) is 19.7 Å². The lowest BCUT2D eigenvalue weighted by molar-refractivity contribution is -0.128. The molecule has 1 amide bonds. The highest BCUT2D eigenvalue weighted by molar-refractivity contribution is 5.91. The number of rotatable bonds is 7. The molecular weight excluding hydrogens is 304 g/mol. The zero-order valence-electron chi connectivity index (χ0n) is 14.7. The summed E-state index contributed by atoms with van der Waals surface area (Å²) in [7, 11) is 4.05. The van der Waals surface area contributed by atoms with Gasteiger partial charge in [0.15, 0.2) is 0 Å². The van der Waals surface area contributed by atoms with Crippen molar-refractivity contribution in [2.24, 2.45) is 0 Å². The molecule has 0 bridgehead atoms. The van der Waals surface area contributed by atoms with Crippen LogP contribution in [0.25, 0.3) is 0 Å². The number of benzene rings is 1. The second-order valence-electron chi connectivity index (χ2n) is 7.10. The zero-order chi connectivity index (χ0) is 17.0. The van der Waals surface area contributed by atoms with Crippen LogP contribution in [0.5, 0.6) is 0 Å². The number of amides is 1. The summed E-state index contributed by atoms with van der Waals surface area (Å²) in [5.41, 5.74) is 0.799. The Morgan fingerprint density at radius 1 is 1.33 bits per heavy atom. The van der Waals surface area contributed by atoms with Crippen LogP contribution < -0.4 is 5.32 Å². The quantitative estimate of drug-likeness (QED) is 0.823. The molecule has 1 aliphatic heterocycles. The number of nitrogens with zero attached hydrogens (tertiary/aromatic N) is 1. The molecule has 1 aromatic carbocycles. The second-order valence-corrected chi connectivity index (χ2v) is 7.10. The van der Waals surface area contributed by atoms with Crippen molar-refractivity contribution in [3.8, 4) is 0 Å². The average Bonchev–Trinajstić information content (AvgIpc) is 3.39. The van der Waals surface area contributed by atoms with Crippen LogP contribution in [0.3, 0.4) is 0 Å². The molecule has 2 fully saturated rings. The Morgan fingerprint density at radius 3 is 2.75 bits per heavy atom. The predicted octanol–water partition coefficient (Wildman–Crippen LogP) is 1.57. The highest BCUT2D eigenvalue weighted by Crippen LogP contribution is 2.48. The van der Waals surface area contributed by atoms with Gasteiger partial charge in [-0.05, 0) is 38.9 Å². The summed E-state index contributed by atoms with van der Waals surface area (Å²) < 4.78 is 11.5. The van der Waals surface area contributed by atoms with Gasteiger partial charge in [0.1, 0.15) is 6.10 Å². The largest absolute Gasteiger partial charge is 0.379 e. The Morgan fingerprint density at radius 2 is 2.08 bits per heavy atom. The summed E-state index contributed by atoms with van der Waals surface area (Å²) in [6, 6.07) is 10.2. The van der Waals surface area contributed by atoms with E-state index in [1.807, 2.05) is 32.3 Å². The summed E-state index contributed by atoms with van der Waals surface area (Å²) in [6.45, 7) is 2.75. The number of hydrogen-bond acceptors (Lipinski definition) is 4. The maximum Gasteiger partial charge on any atom is 0.230 e. The van der Waals surface area contributed by atoms with Crippen molar-refractivity contribution in [3.63, 3.8) is 0 Å². The first-order valence-electron chi connectivity index (χ1n) is 8.82. The molecule has 2 aliphatic rings. The predicted molar refractivity (Wildman–Crippen MR) is 93.0 cm³/mol. The number of ether oxygens (including phenoxy) is 2. The van der Waals surface area contributed by atoms with Gasteiger partial charge in [0, 0.05) is 13.2 Å². The zero-order valence-corrected chi connectivity index (χ0v) is 14.7. The first-order valence-corrected chi connectivity index (χ1v) is 8.82.